The fourth-order valence-corrected chi connectivity index (χ4v) is 2.84. The molecule has 1 aliphatic rings. The highest BCUT2D eigenvalue weighted by atomic mass is 16.5. The molecule has 26 heavy (non-hydrogen) atoms. The molecule has 0 spiro atoms. The second-order valence-corrected chi connectivity index (χ2v) is 6.68. The van der Waals surface area contributed by atoms with Gasteiger partial charge in [-0.05, 0) is 50.5 Å². The van der Waals surface area contributed by atoms with Crippen LogP contribution in [0.15, 0.2) is 66.2 Å². The van der Waals surface area contributed by atoms with Crippen molar-refractivity contribution in [3.8, 4) is 17.6 Å². The summed E-state index contributed by atoms with van der Waals surface area (Å²) in [6.45, 7) is 4.02. The predicted molar refractivity (Wildman–Crippen MR) is 98.4 cm³/mol. The molecule has 0 radical (unpaired) electrons. The molecular weight excluding hydrogens is 326 g/mol. The largest absolute Gasteiger partial charge is 0.457 e. The van der Waals surface area contributed by atoms with Crippen LogP contribution in [-0.2, 0) is 9.53 Å². The van der Waals surface area contributed by atoms with E-state index >= 15 is 0 Å². The molecule has 4 nitrogen and oxygen atoms in total. The lowest BCUT2D eigenvalue weighted by atomic mass is 10.1. The van der Waals surface area contributed by atoms with Crippen molar-refractivity contribution in [1.82, 2.24) is 0 Å². The number of benzene rings is 2. The fraction of sp³-hybridized carbons (Fsp3) is 0.273. The van der Waals surface area contributed by atoms with Crippen molar-refractivity contribution in [2.75, 3.05) is 0 Å². The lowest BCUT2D eigenvalue weighted by Gasteiger charge is -2.13. The maximum atomic E-state index is 12.3. The Hall–Kier alpha value is -3.06. The third-order valence-corrected chi connectivity index (χ3v) is 4.18. The number of esters is 1. The van der Waals surface area contributed by atoms with E-state index < -0.39 is 6.10 Å². The number of nitriles is 1. The van der Waals surface area contributed by atoms with Gasteiger partial charge in [-0.1, -0.05) is 42.0 Å². The molecule has 3 atom stereocenters. The Bertz CT molecular complexity index is 847. The fourth-order valence-electron chi connectivity index (χ4n) is 2.84. The summed E-state index contributed by atoms with van der Waals surface area (Å²) in [5, 5.41) is 9.44. The first kappa shape index (κ1) is 17.8. The van der Waals surface area contributed by atoms with E-state index in [9.17, 15) is 10.1 Å². The topological polar surface area (TPSA) is 59.3 Å². The van der Waals surface area contributed by atoms with E-state index in [1.807, 2.05) is 44.2 Å². The minimum Gasteiger partial charge on any atom is -0.457 e. The smallest absolute Gasteiger partial charge is 0.311 e. The van der Waals surface area contributed by atoms with E-state index in [1.54, 1.807) is 24.3 Å². The minimum absolute atomic E-state index is 0.135. The molecule has 3 rings (SSSR count). The Morgan fingerprint density at radius 3 is 2.58 bits per heavy atom. The number of allylic oxidation sites excluding steroid dienone is 2. The van der Waals surface area contributed by atoms with Crippen molar-refractivity contribution in [2.24, 2.45) is 11.8 Å². The summed E-state index contributed by atoms with van der Waals surface area (Å²) in [4.78, 5) is 12.3. The van der Waals surface area contributed by atoms with Crippen LogP contribution in [0.4, 0.5) is 0 Å². The van der Waals surface area contributed by atoms with Gasteiger partial charge < -0.3 is 9.47 Å². The molecule has 1 fully saturated rings. The summed E-state index contributed by atoms with van der Waals surface area (Å²) in [7, 11) is 0. The molecule has 0 saturated heterocycles. The van der Waals surface area contributed by atoms with E-state index in [2.05, 4.69) is 12.1 Å². The Balaban J connectivity index is 1.67. The molecular formula is C22H21NO3. The van der Waals surface area contributed by atoms with E-state index in [4.69, 9.17) is 9.47 Å². The Morgan fingerprint density at radius 1 is 1.15 bits per heavy atom. The normalized spacial score (nSPS) is 19.0. The zero-order valence-corrected chi connectivity index (χ0v) is 14.9. The van der Waals surface area contributed by atoms with Gasteiger partial charge in [0.2, 0.25) is 6.10 Å². The Morgan fingerprint density at radius 2 is 1.88 bits per heavy atom. The van der Waals surface area contributed by atoms with Crippen molar-refractivity contribution < 1.29 is 14.3 Å². The predicted octanol–water partition coefficient (Wildman–Crippen LogP) is 5.19. The van der Waals surface area contributed by atoms with Crippen molar-refractivity contribution in [3.63, 3.8) is 0 Å². The zero-order valence-electron chi connectivity index (χ0n) is 14.9. The highest BCUT2D eigenvalue weighted by molar-refractivity contribution is 5.76. The quantitative estimate of drug-likeness (QED) is 0.533. The van der Waals surface area contributed by atoms with Crippen LogP contribution in [0.25, 0.3) is 0 Å². The van der Waals surface area contributed by atoms with Gasteiger partial charge in [0.25, 0.3) is 0 Å². The van der Waals surface area contributed by atoms with Crippen LogP contribution in [0, 0.1) is 23.2 Å². The molecule has 0 N–H and O–H groups in total. The number of carbonyl (C=O) groups excluding carboxylic acids is 1. The van der Waals surface area contributed by atoms with Gasteiger partial charge in [0, 0.05) is 5.56 Å². The van der Waals surface area contributed by atoms with Crippen LogP contribution >= 0.6 is 0 Å². The number of ether oxygens (including phenoxy) is 2. The van der Waals surface area contributed by atoms with Crippen molar-refractivity contribution >= 4 is 5.97 Å². The van der Waals surface area contributed by atoms with Crippen LogP contribution in [0.5, 0.6) is 11.5 Å². The molecule has 1 aliphatic carbocycles. The summed E-state index contributed by atoms with van der Waals surface area (Å²) in [6.07, 6.45) is 1.94. The van der Waals surface area contributed by atoms with Crippen molar-refractivity contribution in [2.45, 2.75) is 26.4 Å². The monoisotopic (exact) mass is 347 g/mol. The van der Waals surface area contributed by atoms with Crippen LogP contribution in [0.3, 0.4) is 0 Å². The summed E-state index contributed by atoms with van der Waals surface area (Å²) in [5.74, 6) is 1.09. The van der Waals surface area contributed by atoms with E-state index in [-0.39, 0.29) is 17.8 Å². The van der Waals surface area contributed by atoms with E-state index in [0.29, 0.717) is 17.1 Å². The lowest BCUT2D eigenvalue weighted by Crippen LogP contribution is -2.12. The molecule has 0 amide bonds. The van der Waals surface area contributed by atoms with Gasteiger partial charge in [0.15, 0.2) is 0 Å². The molecule has 1 saturated carbocycles. The van der Waals surface area contributed by atoms with Gasteiger partial charge in [-0.15, -0.1) is 0 Å². The number of para-hydroxylation sites is 1. The highest BCUT2D eigenvalue weighted by Crippen LogP contribution is 2.42. The van der Waals surface area contributed by atoms with Gasteiger partial charge in [-0.3, -0.25) is 4.79 Å². The molecule has 0 heterocycles. The van der Waals surface area contributed by atoms with Gasteiger partial charge in [-0.25, -0.2) is 0 Å². The number of hydrogen-bond donors (Lipinski definition) is 0. The first-order valence-electron chi connectivity index (χ1n) is 8.65. The number of rotatable bonds is 6. The van der Waals surface area contributed by atoms with E-state index in [0.717, 1.165) is 6.42 Å². The first-order valence-corrected chi connectivity index (χ1v) is 8.65. The molecule has 4 heteroatoms. The average Bonchev–Trinajstić information content (AvgIpc) is 3.39. The highest BCUT2D eigenvalue weighted by Gasteiger charge is 2.43. The van der Waals surface area contributed by atoms with Gasteiger partial charge in [-0.2, -0.15) is 5.26 Å². The summed E-state index contributed by atoms with van der Waals surface area (Å²) >= 11 is 0. The lowest BCUT2D eigenvalue weighted by molar-refractivity contribution is -0.148. The molecule has 2 aromatic carbocycles. The molecule has 3 unspecified atom stereocenters. The number of nitrogens with zero attached hydrogens (tertiary/aromatic N) is 1. The molecule has 0 bridgehead atoms. The first-order chi connectivity index (χ1) is 12.6. The number of carbonyl (C=O) groups is 1. The summed E-state index contributed by atoms with van der Waals surface area (Å²) in [6, 6.07) is 18.5. The molecule has 0 aromatic heterocycles. The zero-order chi connectivity index (χ0) is 18.5. The Labute approximate surface area is 153 Å². The SMILES string of the molecule is CC(C)=CC1CC1C(=O)OC(C#N)c1cccc(Oc2ccccc2)c1. The standard InChI is InChI=1S/C22H21NO3/c1-15(2)11-17-13-20(17)22(24)26-21(14-23)16-7-6-10-19(12-16)25-18-8-4-3-5-9-18/h3-12,17,20-21H,13H2,1-2H3. The number of hydrogen-bond acceptors (Lipinski definition) is 4. The summed E-state index contributed by atoms with van der Waals surface area (Å²) in [5.41, 5.74) is 1.79. The van der Waals surface area contributed by atoms with Crippen LogP contribution in [-0.4, -0.2) is 5.97 Å². The molecule has 132 valence electrons. The van der Waals surface area contributed by atoms with Crippen molar-refractivity contribution in [3.05, 3.63) is 71.8 Å². The third-order valence-electron chi connectivity index (χ3n) is 4.18. The van der Waals surface area contributed by atoms with Crippen LogP contribution in [0.2, 0.25) is 0 Å². The van der Waals surface area contributed by atoms with Gasteiger partial charge >= 0.3 is 5.97 Å². The van der Waals surface area contributed by atoms with Crippen LogP contribution in [0.1, 0.15) is 31.9 Å². The maximum Gasteiger partial charge on any atom is 0.311 e. The van der Waals surface area contributed by atoms with Crippen molar-refractivity contribution in [1.29, 1.82) is 5.26 Å². The van der Waals surface area contributed by atoms with E-state index in [1.165, 1.54) is 5.57 Å². The third kappa shape index (κ3) is 4.52. The average molecular weight is 347 g/mol. The Kier molecular flexibility index (Phi) is 5.38. The summed E-state index contributed by atoms with van der Waals surface area (Å²) < 4.78 is 11.2. The maximum absolute atomic E-state index is 12.3. The van der Waals surface area contributed by atoms with Gasteiger partial charge in [0.1, 0.15) is 17.6 Å². The molecule has 0 aliphatic heterocycles. The molecule has 2 aromatic rings. The minimum atomic E-state index is -0.935. The van der Waals surface area contributed by atoms with Crippen LogP contribution < -0.4 is 4.74 Å². The second kappa shape index (κ2) is 7.88. The second-order valence-electron chi connectivity index (χ2n) is 6.68. The van der Waals surface area contributed by atoms with Gasteiger partial charge in [0.05, 0.1) is 5.92 Å².